The second kappa shape index (κ2) is 5.32. The van der Waals surface area contributed by atoms with Crippen LogP contribution in [0.1, 0.15) is 26.2 Å². The predicted octanol–water partition coefficient (Wildman–Crippen LogP) is 0.268. The van der Waals surface area contributed by atoms with Gasteiger partial charge in [-0.3, -0.25) is 4.79 Å². The fourth-order valence-corrected chi connectivity index (χ4v) is 1.38. The van der Waals surface area contributed by atoms with Gasteiger partial charge in [0.15, 0.2) is 0 Å². The Balaban J connectivity index is 2.03. The lowest BCUT2D eigenvalue weighted by Crippen LogP contribution is -2.48. The third-order valence-corrected chi connectivity index (χ3v) is 2.47. The van der Waals surface area contributed by atoms with E-state index in [0.717, 1.165) is 32.6 Å². The highest BCUT2D eigenvalue weighted by Gasteiger charge is 2.33. The molecule has 3 N–H and O–H groups in total. The molecule has 1 saturated heterocycles. The first kappa shape index (κ1) is 11.5. The van der Waals surface area contributed by atoms with Crippen molar-refractivity contribution in [1.82, 2.24) is 5.32 Å². The molecule has 1 rings (SSSR count). The number of ether oxygens (including phenoxy) is 1. The summed E-state index contributed by atoms with van der Waals surface area (Å²) in [6, 6.07) is 0. The minimum atomic E-state index is 0.131. The van der Waals surface area contributed by atoms with Crippen LogP contribution in [-0.2, 0) is 9.53 Å². The Bertz CT molecular complexity index is 191. The van der Waals surface area contributed by atoms with Gasteiger partial charge < -0.3 is 15.8 Å². The second-order valence-corrected chi connectivity index (χ2v) is 4.33. The van der Waals surface area contributed by atoms with E-state index in [1.54, 1.807) is 0 Å². The molecule has 0 spiro atoms. The van der Waals surface area contributed by atoms with Crippen LogP contribution in [-0.4, -0.2) is 32.2 Å². The topological polar surface area (TPSA) is 64.4 Å². The van der Waals surface area contributed by atoms with Gasteiger partial charge in [-0.1, -0.05) is 6.92 Å². The molecule has 0 bridgehead atoms. The maximum absolute atomic E-state index is 11.3. The zero-order chi connectivity index (χ0) is 10.4. The van der Waals surface area contributed by atoms with Crippen molar-refractivity contribution >= 4 is 5.91 Å². The van der Waals surface area contributed by atoms with Gasteiger partial charge in [0.25, 0.3) is 0 Å². The van der Waals surface area contributed by atoms with Crippen LogP contribution in [0.4, 0.5) is 0 Å². The van der Waals surface area contributed by atoms with E-state index >= 15 is 0 Å². The van der Waals surface area contributed by atoms with E-state index < -0.39 is 0 Å². The molecule has 0 aromatic heterocycles. The van der Waals surface area contributed by atoms with E-state index in [1.807, 2.05) is 0 Å². The van der Waals surface area contributed by atoms with Gasteiger partial charge >= 0.3 is 0 Å². The lowest BCUT2D eigenvalue weighted by Gasteiger charge is -2.38. The molecule has 1 heterocycles. The number of hydrogen-bond donors (Lipinski definition) is 2. The van der Waals surface area contributed by atoms with Gasteiger partial charge in [0, 0.05) is 18.4 Å². The Morgan fingerprint density at radius 1 is 1.50 bits per heavy atom. The molecule has 0 saturated carbocycles. The molecule has 0 atom stereocenters. The fraction of sp³-hybridized carbons (Fsp3) is 0.900. The van der Waals surface area contributed by atoms with E-state index in [2.05, 4.69) is 12.2 Å². The number of carbonyl (C=O) groups is 1. The van der Waals surface area contributed by atoms with Crippen molar-refractivity contribution < 1.29 is 9.53 Å². The molecule has 1 aliphatic heterocycles. The molecule has 82 valence electrons. The van der Waals surface area contributed by atoms with Crippen LogP contribution < -0.4 is 11.1 Å². The smallest absolute Gasteiger partial charge is 0.220 e. The summed E-state index contributed by atoms with van der Waals surface area (Å²) >= 11 is 0. The van der Waals surface area contributed by atoms with Gasteiger partial charge in [0.1, 0.15) is 0 Å². The van der Waals surface area contributed by atoms with E-state index in [0.29, 0.717) is 13.0 Å². The SMILES string of the molecule is CC1(CNC(=O)CCCCN)COC1. The summed E-state index contributed by atoms with van der Waals surface area (Å²) in [5.41, 5.74) is 5.51. The summed E-state index contributed by atoms with van der Waals surface area (Å²) in [5.74, 6) is 0.131. The summed E-state index contributed by atoms with van der Waals surface area (Å²) in [5, 5.41) is 2.92. The molecular weight excluding hydrogens is 180 g/mol. The van der Waals surface area contributed by atoms with E-state index in [4.69, 9.17) is 10.5 Å². The summed E-state index contributed by atoms with van der Waals surface area (Å²) < 4.78 is 5.10. The Labute approximate surface area is 85.2 Å². The average molecular weight is 200 g/mol. The molecule has 0 aliphatic carbocycles. The van der Waals surface area contributed by atoms with Crippen molar-refractivity contribution in [3.63, 3.8) is 0 Å². The third kappa shape index (κ3) is 3.64. The summed E-state index contributed by atoms with van der Waals surface area (Å²) in [7, 11) is 0. The van der Waals surface area contributed by atoms with Crippen molar-refractivity contribution in [1.29, 1.82) is 0 Å². The minimum Gasteiger partial charge on any atom is -0.380 e. The molecule has 0 aromatic carbocycles. The number of unbranched alkanes of at least 4 members (excludes halogenated alkanes) is 1. The summed E-state index contributed by atoms with van der Waals surface area (Å²) in [6.07, 6.45) is 2.40. The quantitative estimate of drug-likeness (QED) is 0.605. The van der Waals surface area contributed by atoms with Gasteiger partial charge in [-0.15, -0.1) is 0 Å². The van der Waals surface area contributed by atoms with Crippen molar-refractivity contribution in [3.05, 3.63) is 0 Å². The monoisotopic (exact) mass is 200 g/mol. The number of rotatable bonds is 6. The molecule has 14 heavy (non-hydrogen) atoms. The van der Waals surface area contributed by atoms with Crippen LogP contribution in [0, 0.1) is 5.41 Å². The maximum atomic E-state index is 11.3. The normalized spacial score (nSPS) is 18.7. The van der Waals surface area contributed by atoms with E-state index in [9.17, 15) is 4.79 Å². The van der Waals surface area contributed by atoms with Crippen molar-refractivity contribution in [2.24, 2.45) is 11.1 Å². The first-order chi connectivity index (χ1) is 6.66. The highest BCUT2D eigenvalue weighted by molar-refractivity contribution is 5.75. The Hall–Kier alpha value is -0.610. The van der Waals surface area contributed by atoms with Gasteiger partial charge in [-0.2, -0.15) is 0 Å². The summed E-state index contributed by atoms with van der Waals surface area (Å²) in [6.45, 7) is 5.04. The van der Waals surface area contributed by atoms with Gasteiger partial charge in [0.05, 0.1) is 13.2 Å². The van der Waals surface area contributed by atoms with Crippen LogP contribution in [0.25, 0.3) is 0 Å². The van der Waals surface area contributed by atoms with Crippen LogP contribution in [0.5, 0.6) is 0 Å². The number of carbonyl (C=O) groups excluding carboxylic acids is 1. The zero-order valence-electron chi connectivity index (χ0n) is 8.84. The zero-order valence-corrected chi connectivity index (χ0v) is 8.84. The first-order valence-electron chi connectivity index (χ1n) is 5.21. The molecule has 0 unspecified atom stereocenters. The lowest BCUT2D eigenvalue weighted by molar-refractivity contribution is -0.126. The van der Waals surface area contributed by atoms with Crippen LogP contribution in [0.15, 0.2) is 0 Å². The average Bonchev–Trinajstić information content (AvgIpc) is 2.12. The predicted molar refractivity (Wildman–Crippen MR) is 54.8 cm³/mol. The fourth-order valence-electron chi connectivity index (χ4n) is 1.38. The number of nitrogens with two attached hydrogens (primary N) is 1. The van der Waals surface area contributed by atoms with Gasteiger partial charge in [-0.05, 0) is 19.4 Å². The largest absolute Gasteiger partial charge is 0.380 e. The number of amides is 1. The molecule has 0 aromatic rings. The van der Waals surface area contributed by atoms with Crippen molar-refractivity contribution in [3.8, 4) is 0 Å². The summed E-state index contributed by atoms with van der Waals surface area (Å²) in [4.78, 5) is 11.3. The highest BCUT2D eigenvalue weighted by Crippen LogP contribution is 2.24. The molecule has 0 radical (unpaired) electrons. The maximum Gasteiger partial charge on any atom is 0.220 e. The molecular formula is C10H20N2O2. The Kier molecular flexibility index (Phi) is 4.35. The Morgan fingerprint density at radius 2 is 2.21 bits per heavy atom. The van der Waals surface area contributed by atoms with Crippen LogP contribution in [0.2, 0.25) is 0 Å². The molecule has 4 heteroatoms. The molecule has 1 fully saturated rings. The van der Waals surface area contributed by atoms with Crippen LogP contribution in [0.3, 0.4) is 0 Å². The second-order valence-electron chi connectivity index (χ2n) is 4.33. The van der Waals surface area contributed by atoms with Crippen LogP contribution >= 0.6 is 0 Å². The lowest BCUT2D eigenvalue weighted by atomic mass is 9.89. The number of hydrogen-bond acceptors (Lipinski definition) is 3. The van der Waals surface area contributed by atoms with E-state index in [-0.39, 0.29) is 11.3 Å². The van der Waals surface area contributed by atoms with Gasteiger partial charge in [0.2, 0.25) is 5.91 Å². The molecule has 1 aliphatic rings. The number of nitrogens with one attached hydrogen (secondary N) is 1. The van der Waals surface area contributed by atoms with Crippen molar-refractivity contribution in [2.45, 2.75) is 26.2 Å². The van der Waals surface area contributed by atoms with E-state index in [1.165, 1.54) is 0 Å². The standard InChI is InChI=1S/C10H20N2O2/c1-10(7-14-8-10)6-12-9(13)4-2-3-5-11/h2-8,11H2,1H3,(H,12,13). The third-order valence-electron chi connectivity index (χ3n) is 2.47. The molecule has 1 amide bonds. The van der Waals surface area contributed by atoms with Gasteiger partial charge in [-0.25, -0.2) is 0 Å². The van der Waals surface area contributed by atoms with Crippen molar-refractivity contribution in [2.75, 3.05) is 26.3 Å². The first-order valence-corrected chi connectivity index (χ1v) is 5.21. The Morgan fingerprint density at radius 3 is 2.71 bits per heavy atom. The minimum absolute atomic E-state index is 0.131. The molecule has 4 nitrogen and oxygen atoms in total. The highest BCUT2D eigenvalue weighted by atomic mass is 16.5.